The molecule has 1 amide bonds. The molecule has 0 spiro atoms. The van der Waals surface area contributed by atoms with Crippen molar-refractivity contribution in [2.75, 3.05) is 0 Å². The lowest BCUT2D eigenvalue weighted by atomic mass is 10.1. The fourth-order valence-corrected chi connectivity index (χ4v) is 4.05. The molecule has 2 aromatic rings. The summed E-state index contributed by atoms with van der Waals surface area (Å²) in [7, 11) is 0. The van der Waals surface area contributed by atoms with E-state index < -0.39 is 0 Å². The van der Waals surface area contributed by atoms with Crippen molar-refractivity contribution >= 4 is 17.2 Å². The maximum absolute atomic E-state index is 12.4. The summed E-state index contributed by atoms with van der Waals surface area (Å²) in [4.78, 5) is 17.1. The predicted octanol–water partition coefficient (Wildman–Crippen LogP) is 4.00. The Balaban J connectivity index is 1.36. The number of hydrogen-bond acceptors (Lipinski definition) is 3. The highest BCUT2D eigenvalue weighted by atomic mass is 32.1. The summed E-state index contributed by atoms with van der Waals surface area (Å²) >= 11 is 1.73. The van der Waals surface area contributed by atoms with Crippen molar-refractivity contribution in [2.24, 2.45) is 5.92 Å². The number of carbonyl (C=O) groups excluding carboxylic acids is 1. The van der Waals surface area contributed by atoms with Gasteiger partial charge in [0.25, 0.3) is 0 Å². The van der Waals surface area contributed by atoms with E-state index in [0.29, 0.717) is 11.8 Å². The quantitative estimate of drug-likeness (QED) is 0.906. The molecule has 3 atom stereocenters. The second-order valence-electron chi connectivity index (χ2n) is 6.47. The van der Waals surface area contributed by atoms with Crippen LogP contribution in [0.2, 0.25) is 0 Å². The molecule has 114 valence electrons. The molecule has 0 radical (unpaired) electrons. The first-order valence-corrected chi connectivity index (χ1v) is 8.91. The van der Waals surface area contributed by atoms with Crippen LogP contribution < -0.4 is 5.32 Å². The van der Waals surface area contributed by atoms with Crippen LogP contribution >= 0.6 is 11.3 Å². The molecule has 2 aliphatic carbocycles. The number of thiazole rings is 1. The van der Waals surface area contributed by atoms with E-state index in [9.17, 15) is 4.79 Å². The highest BCUT2D eigenvalue weighted by Crippen LogP contribution is 2.47. The van der Waals surface area contributed by atoms with Crippen LogP contribution in [-0.4, -0.2) is 10.9 Å². The molecule has 0 aliphatic heterocycles. The lowest BCUT2D eigenvalue weighted by Crippen LogP contribution is -2.28. The lowest BCUT2D eigenvalue weighted by molar-refractivity contribution is -0.123. The van der Waals surface area contributed by atoms with Crippen molar-refractivity contribution < 1.29 is 4.79 Å². The molecule has 1 aromatic carbocycles. The van der Waals surface area contributed by atoms with Crippen LogP contribution in [-0.2, 0) is 4.79 Å². The fourth-order valence-electron chi connectivity index (χ4n) is 2.97. The number of hydrogen-bond donors (Lipinski definition) is 1. The van der Waals surface area contributed by atoms with E-state index in [1.54, 1.807) is 11.3 Å². The van der Waals surface area contributed by atoms with Crippen LogP contribution in [0, 0.1) is 5.92 Å². The zero-order valence-corrected chi connectivity index (χ0v) is 13.5. The van der Waals surface area contributed by atoms with Crippen molar-refractivity contribution in [1.29, 1.82) is 0 Å². The highest BCUT2D eigenvalue weighted by molar-refractivity contribution is 7.09. The van der Waals surface area contributed by atoms with Gasteiger partial charge in [-0.25, -0.2) is 4.98 Å². The number of benzene rings is 1. The second-order valence-corrected chi connectivity index (χ2v) is 7.36. The Morgan fingerprint density at radius 1 is 1.32 bits per heavy atom. The molecule has 1 aromatic heterocycles. The number of nitrogens with one attached hydrogen (secondary N) is 1. The Hall–Kier alpha value is -1.68. The number of amides is 1. The van der Waals surface area contributed by atoms with Gasteiger partial charge in [-0.2, -0.15) is 0 Å². The van der Waals surface area contributed by atoms with Gasteiger partial charge in [-0.05, 0) is 37.7 Å². The number of rotatable bonds is 5. The molecule has 2 fully saturated rings. The molecule has 3 nitrogen and oxygen atoms in total. The van der Waals surface area contributed by atoms with Gasteiger partial charge in [-0.1, -0.05) is 30.3 Å². The summed E-state index contributed by atoms with van der Waals surface area (Å²) < 4.78 is 0. The van der Waals surface area contributed by atoms with E-state index >= 15 is 0 Å². The monoisotopic (exact) mass is 312 g/mol. The van der Waals surface area contributed by atoms with Gasteiger partial charge >= 0.3 is 0 Å². The third-order valence-electron chi connectivity index (χ3n) is 4.62. The maximum Gasteiger partial charge on any atom is 0.224 e. The second kappa shape index (κ2) is 5.51. The van der Waals surface area contributed by atoms with Crippen LogP contribution in [0.5, 0.6) is 0 Å². The van der Waals surface area contributed by atoms with Crippen LogP contribution in [0.25, 0.3) is 0 Å². The smallest absolute Gasteiger partial charge is 0.224 e. The summed E-state index contributed by atoms with van der Waals surface area (Å²) in [5.74, 6) is 1.38. The van der Waals surface area contributed by atoms with Gasteiger partial charge in [0.05, 0.1) is 16.7 Å². The molecule has 0 bridgehead atoms. The van der Waals surface area contributed by atoms with Crippen LogP contribution in [0.3, 0.4) is 0 Å². The van der Waals surface area contributed by atoms with Crippen LogP contribution in [0.1, 0.15) is 60.3 Å². The predicted molar refractivity (Wildman–Crippen MR) is 87.9 cm³/mol. The van der Waals surface area contributed by atoms with Gasteiger partial charge in [0, 0.05) is 17.2 Å². The molecule has 4 rings (SSSR count). The number of nitrogens with zero attached hydrogens (tertiary/aromatic N) is 1. The highest BCUT2D eigenvalue weighted by Gasteiger charge is 2.44. The van der Waals surface area contributed by atoms with E-state index in [1.165, 1.54) is 23.4 Å². The standard InChI is InChI=1S/C18H20N2OS/c1-11(16-10-22-18(20-16)13-7-8-13)19-17(21)15-9-14(15)12-5-3-2-4-6-12/h2-6,10-11,13-15H,7-9H2,1H3,(H,19,21)/t11-,14-,15-/m0/s1. The maximum atomic E-state index is 12.4. The number of carbonyl (C=O) groups is 1. The SMILES string of the molecule is C[C@H](NC(=O)[C@H]1C[C@H]1c1ccccc1)c1csc(C2CC2)n1. The van der Waals surface area contributed by atoms with Gasteiger partial charge < -0.3 is 5.32 Å². The third-order valence-corrected chi connectivity index (χ3v) is 5.65. The van der Waals surface area contributed by atoms with Crippen LogP contribution in [0.15, 0.2) is 35.7 Å². The Labute approximate surface area is 134 Å². The molecule has 1 heterocycles. The molecule has 0 saturated heterocycles. The van der Waals surface area contributed by atoms with Crippen LogP contribution in [0.4, 0.5) is 0 Å². The normalized spacial score (nSPS) is 24.8. The lowest BCUT2D eigenvalue weighted by Gasteiger charge is -2.11. The Bertz CT molecular complexity index is 677. The topological polar surface area (TPSA) is 42.0 Å². The minimum atomic E-state index is 0.00766. The molecule has 1 N–H and O–H groups in total. The third kappa shape index (κ3) is 2.80. The van der Waals surface area contributed by atoms with E-state index in [2.05, 4.69) is 27.8 Å². The molecule has 4 heteroatoms. The Morgan fingerprint density at radius 3 is 2.82 bits per heavy atom. The van der Waals surface area contributed by atoms with E-state index in [4.69, 9.17) is 0 Å². The van der Waals surface area contributed by atoms with Crippen molar-refractivity contribution in [3.8, 4) is 0 Å². The first-order valence-electron chi connectivity index (χ1n) is 8.03. The summed E-state index contributed by atoms with van der Waals surface area (Å²) in [6.45, 7) is 2.03. The zero-order chi connectivity index (χ0) is 15.1. The van der Waals surface area contributed by atoms with Crippen molar-refractivity contribution in [1.82, 2.24) is 10.3 Å². The minimum absolute atomic E-state index is 0.00766. The van der Waals surface area contributed by atoms with E-state index in [1.807, 2.05) is 25.1 Å². The van der Waals surface area contributed by atoms with Crippen molar-refractivity contribution in [3.63, 3.8) is 0 Å². The molecular weight excluding hydrogens is 292 g/mol. The van der Waals surface area contributed by atoms with Gasteiger partial charge in [-0.3, -0.25) is 4.79 Å². The van der Waals surface area contributed by atoms with E-state index in [-0.39, 0.29) is 17.9 Å². The molecule has 2 aliphatic rings. The van der Waals surface area contributed by atoms with Gasteiger partial charge in [0.15, 0.2) is 0 Å². The van der Waals surface area contributed by atoms with Gasteiger partial charge in [0.2, 0.25) is 5.91 Å². The fraction of sp³-hybridized carbons (Fsp3) is 0.444. The number of aromatic nitrogens is 1. The Morgan fingerprint density at radius 2 is 2.09 bits per heavy atom. The van der Waals surface area contributed by atoms with Gasteiger partial charge in [-0.15, -0.1) is 11.3 Å². The van der Waals surface area contributed by atoms with Crippen molar-refractivity contribution in [2.45, 2.75) is 44.1 Å². The average molecular weight is 312 g/mol. The van der Waals surface area contributed by atoms with Crippen molar-refractivity contribution in [3.05, 3.63) is 52.0 Å². The zero-order valence-electron chi connectivity index (χ0n) is 12.7. The Kier molecular flexibility index (Phi) is 3.49. The minimum Gasteiger partial charge on any atom is -0.348 e. The average Bonchev–Trinajstić information content (AvgIpc) is 3.46. The molecule has 2 saturated carbocycles. The van der Waals surface area contributed by atoms with E-state index in [0.717, 1.165) is 12.1 Å². The molecule has 22 heavy (non-hydrogen) atoms. The first kappa shape index (κ1) is 13.9. The largest absolute Gasteiger partial charge is 0.348 e. The summed E-state index contributed by atoms with van der Waals surface area (Å²) in [5, 5.41) is 6.47. The first-order chi connectivity index (χ1) is 10.7. The summed E-state index contributed by atoms with van der Waals surface area (Å²) in [5.41, 5.74) is 2.29. The molecular formula is C18H20N2OS. The van der Waals surface area contributed by atoms with Gasteiger partial charge in [0.1, 0.15) is 0 Å². The summed E-state index contributed by atoms with van der Waals surface area (Å²) in [6, 6.07) is 10.3. The summed E-state index contributed by atoms with van der Waals surface area (Å²) in [6.07, 6.45) is 3.51. The molecule has 0 unspecified atom stereocenters.